The molecule has 0 saturated carbocycles. The Morgan fingerprint density at radius 3 is 2.46 bits per heavy atom. The Labute approximate surface area is 313 Å². The third kappa shape index (κ3) is 6.54. The molecule has 3 N–H and O–H groups in total. The van der Waals surface area contributed by atoms with Crippen LogP contribution in [0.4, 0.5) is 17.2 Å². The SMILES string of the molecule is O=C1CCC(N2C(=O)c3ccc(N4CCC(CN5CCO[C@@H](CN6CCN7c8cc(-c9ccccc9O)nnc8NC[C@H]7C6)C5)CC4)cc3C2=O)C(=O)N1. The first-order chi connectivity index (χ1) is 26.3. The van der Waals surface area contributed by atoms with E-state index in [4.69, 9.17) is 4.74 Å². The highest BCUT2D eigenvalue weighted by molar-refractivity contribution is 6.23. The number of piperazine rings is 1. The summed E-state index contributed by atoms with van der Waals surface area (Å²) in [6.07, 6.45) is 2.46. The van der Waals surface area contributed by atoms with Crippen molar-refractivity contribution in [1.29, 1.82) is 0 Å². The van der Waals surface area contributed by atoms with Gasteiger partial charge in [0.15, 0.2) is 5.82 Å². The molecule has 4 fully saturated rings. The maximum absolute atomic E-state index is 13.4. The number of ether oxygens (including phenoxy) is 1. The Morgan fingerprint density at radius 1 is 0.815 bits per heavy atom. The zero-order valence-electron chi connectivity index (χ0n) is 30.2. The van der Waals surface area contributed by atoms with Gasteiger partial charge >= 0.3 is 0 Å². The van der Waals surface area contributed by atoms with Gasteiger partial charge in [-0.05, 0) is 61.6 Å². The fraction of sp³-hybridized carbons (Fsp3) is 0.487. The lowest BCUT2D eigenvalue weighted by atomic mass is 9.95. The minimum absolute atomic E-state index is 0.0995. The number of aromatic hydroxyl groups is 1. The molecule has 9 rings (SSSR count). The quantitative estimate of drug-likeness (QED) is 0.302. The maximum Gasteiger partial charge on any atom is 0.262 e. The first-order valence-electron chi connectivity index (χ1n) is 19.1. The van der Waals surface area contributed by atoms with Crippen molar-refractivity contribution in [2.75, 3.05) is 87.2 Å². The normalized spacial score (nSPS) is 25.3. The number of hydrogen-bond acceptors (Lipinski definition) is 13. The molecule has 4 amide bonds. The van der Waals surface area contributed by atoms with Crippen LogP contribution in [-0.2, 0) is 14.3 Å². The summed E-state index contributed by atoms with van der Waals surface area (Å²) in [5, 5.41) is 25.0. The lowest BCUT2D eigenvalue weighted by molar-refractivity contribution is -0.136. The van der Waals surface area contributed by atoms with Crippen LogP contribution in [0.1, 0.15) is 46.4 Å². The van der Waals surface area contributed by atoms with Crippen LogP contribution in [0, 0.1) is 5.92 Å². The molecule has 6 aliphatic heterocycles. The average molecular weight is 736 g/mol. The molecule has 3 atom stereocenters. The Morgan fingerprint density at radius 2 is 1.63 bits per heavy atom. The van der Waals surface area contributed by atoms with E-state index in [9.17, 15) is 24.3 Å². The Balaban J connectivity index is 0.761. The zero-order valence-corrected chi connectivity index (χ0v) is 30.2. The summed E-state index contributed by atoms with van der Waals surface area (Å²) in [6.45, 7) is 9.75. The molecule has 15 nitrogen and oxygen atoms in total. The molecule has 282 valence electrons. The van der Waals surface area contributed by atoms with E-state index < -0.39 is 23.8 Å². The maximum atomic E-state index is 13.4. The van der Waals surface area contributed by atoms with Gasteiger partial charge in [-0.2, -0.15) is 0 Å². The number of morpholine rings is 1. The van der Waals surface area contributed by atoms with E-state index in [2.05, 4.69) is 40.4 Å². The largest absolute Gasteiger partial charge is 0.507 e. The van der Waals surface area contributed by atoms with Crippen LogP contribution in [0.2, 0.25) is 0 Å². The average Bonchev–Trinajstić information content (AvgIpc) is 3.43. The van der Waals surface area contributed by atoms with Crippen molar-refractivity contribution in [2.24, 2.45) is 5.92 Å². The van der Waals surface area contributed by atoms with Crippen molar-refractivity contribution in [2.45, 2.75) is 43.9 Å². The molecule has 0 spiro atoms. The molecule has 1 unspecified atom stereocenters. The molecular weight excluding hydrogens is 690 g/mol. The number of nitrogens with zero attached hydrogens (tertiary/aromatic N) is 7. The number of carbonyl (C=O) groups is 4. The number of para-hydroxylation sites is 1. The molecule has 1 aromatic heterocycles. The molecule has 6 aliphatic rings. The molecule has 4 saturated heterocycles. The molecule has 0 radical (unpaired) electrons. The number of piperidine rings is 2. The van der Waals surface area contributed by atoms with Gasteiger partial charge in [0.25, 0.3) is 11.8 Å². The number of imide groups is 2. The van der Waals surface area contributed by atoms with Gasteiger partial charge in [-0.1, -0.05) is 12.1 Å². The highest BCUT2D eigenvalue weighted by atomic mass is 16.5. The second kappa shape index (κ2) is 14.3. The van der Waals surface area contributed by atoms with Gasteiger partial charge in [0.2, 0.25) is 11.8 Å². The van der Waals surface area contributed by atoms with Crippen LogP contribution in [0.25, 0.3) is 11.3 Å². The first-order valence-corrected chi connectivity index (χ1v) is 19.1. The van der Waals surface area contributed by atoms with Crippen LogP contribution in [0.15, 0.2) is 48.5 Å². The van der Waals surface area contributed by atoms with Crippen molar-refractivity contribution < 1.29 is 29.0 Å². The predicted molar refractivity (Wildman–Crippen MR) is 199 cm³/mol. The summed E-state index contributed by atoms with van der Waals surface area (Å²) in [6, 6.07) is 14.0. The highest BCUT2D eigenvalue weighted by Gasteiger charge is 2.45. The van der Waals surface area contributed by atoms with E-state index in [1.54, 1.807) is 24.3 Å². The molecular formula is C39H45N9O6. The van der Waals surface area contributed by atoms with Gasteiger partial charge in [-0.25, -0.2) is 0 Å². The number of anilines is 3. The van der Waals surface area contributed by atoms with Crippen molar-refractivity contribution >= 4 is 40.8 Å². The number of aromatic nitrogens is 2. The molecule has 7 heterocycles. The van der Waals surface area contributed by atoms with Crippen LogP contribution in [0.5, 0.6) is 5.75 Å². The van der Waals surface area contributed by atoms with Crippen LogP contribution < -0.4 is 20.4 Å². The van der Waals surface area contributed by atoms with Gasteiger partial charge in [0, 0.05) is 83.1 Å². The number of amides is 4. The number of hydrogen-bond donors (Lipinski definition) is 3. The van der Waals surface area contributed by atoms with Crippen LogP contribution >= 0.6 is 0 Å². The van der Waals surface area contributed by atoms with E-state index in [1.165, 1.54) is 0 Å². The Hall–Kier alpha value is -5.12. The van der Waals surface area contributed by atoms with E-state index in [0.717, 1.165) is 107 Å². The minimum Gasteiger partial charge on any atom is -0.507 e. The van der Waals surface area contributed by atoms with E-state index >= 15 is 0 Å². The fourth-order valence-corrected chi connectivity index (χ4v) is 9.08. The number of carbonyl (C=O) groups excluding carboxylic acids is 4. The Bertz CT molecular complexity index is 1990. The molecule has 3 aromatic rings. The summed E-state index contributed by atoms with van der Waals surface area (Å²) in [4.78, 5) is 61.4. The Kier molecular flexibility index (Phi) is 9.15. The molecule has 15 heteroatoms. The van der Waals surface area contributed by atoms with Crippen LogP contribution in [-0.4, -0.2) is 144 Å². The third-order valence-electron chi connectivity index (χ3n) is 11.9. The van der Waals surface area contributed by atoms with Gasteiger partial charge < -0.3 is 25.0 Å². The second-order valence-electron chi connectivity index (χ2n) is 15.3. The third-order valence-corrected chi connectivity index (χ3v) is 11.9. The molecule has 2 aromatic carbocycles. The summed E-state index contributed by atoms with van der Waals surface area (Å²) < 4.78 is 6.30. The topological polar surface area (TPSA) is 164 Å². The number of benzene rings is 2. The number of fused-ring (bicyclic) bond motifs is 4. The monoisotopic (exact) mass is 735 g/mol. The summed E-state index contributed by atoms with van der Waals surface area (Å²) in [5.41, 5.74) is 3.90. The summed E-state index contributed by atoms with van der Waals surface area (Å²) >= 11 is 0. The van der Waals surface area contributed by atoms with E-state index in [1.807, 2.05) is 24.3 Å². The van der Waals surface area contributed by atoms with Gasteiger partial charge in [0.1, 0.15) is 11.8 Å². The van der Waals surface area contributed by atoms with Crippen molar-refractivity contribution in [3.63, 3.8) is 0 Å². The van der Waals surface area contributed by atoms with Gasteiger partial charge in [0.05, 0.1) is 41.3 Å². The lowest BCUT2D eigenvalue weighted by Crippen LogP contribution is -2.60. The molecule has 0 bridgehead atoms. The first kappa shape index (κ1) is 34.6. The summed E-state index contributed by atoms with van der Waals surface area (Å²) in [7, 11) is 0. The second-order valence-corrected chi connectivity index (χ2v) is 15.3. The van der Waals surface area contributed by atoms with Crippen molar-refractivity contribution in [3.8, 4) is 17.0 Å². The summed E-state index contributed by atoms with van der Waals surface area (Å²) in [5.74, 6) is -0.396. The predicted octanol–water partition coefficient (Wildman–Crippen LogP) is 1.78. The number of phenolic OH excluding ortho intramolecular Hbond substituents is 1. The highest BCUT2D eigenvalue weighted by Crippen LogP contribution is 2.37. The van der Waals surface area contributed by atoms with Crippen LogP contribution in [0.3, 0.4) is 0 Å². The number of phenols is 1. The smallest absolute Gasteiger partial charge is 0.262 e. The molecule has 0 aliphatic carbocycles. The van der Waals surface area contributed by atoms with E-state index in [0.29, 0.717) is 34.3 Å². The minimum atomic E-state index is -0.964. The zero-order chi connectivity index (χ0) is 36.9. The number of nitrogens with one attached hydrogen (secondary N) is 2. The lowest BCUT2D eigenvalue weighted by Gasteiger charge is -2.47. The van der Waals surface area contributed by atoms with E-state index in [-0.39, 0.29) is 30.6 Å². The standard InChI is InChI=1S/C39H45N9O6/c49-34-4-2-1-3-29(34)31-18-33-36(43-42-31)40-19-26-21-44(13-14-47(26)33)22-27-23-45(15-16-54-27)20-24-9-11-46(12-10-24)25-5-6-28-30(17-25)39(53)48(38(28)52)32-7-8-35(50)41-37(32)51/h1-6,17-18,24,26-27,32,49H,7-16,19-23H2,(H,40,43)(H,41,50,51)/t26-,27-,32?/m0/s1. The van der Waals surface area contributed by atoms with Crippen molar-refractivity contribution in [1.82, 2.24) is 30.2 Å². The fourth-order valence-electron chi connectivity index (χ4n) is 9.08. The van der Waals surface area contributed by atoms with Gasteiger partial charge in [-0.15, -0.1) is 10.2 Å². The number of rotatable bonds is 7. The van der Waals surface area contributed by atoms with Gasteiger partial charge in [-0.3, -0.25) is 39.2 Å². The van der Waals surface area contributed by atoms with Crippen molar-refractivity contribution in [3.05, 3.63) is 59.7 Å². The molecule has 54 heavy (non-hydrogen) atoms.